The number of aryl methyl sites for hydroxylation is 2. The van der Waals surface area contributed by atoms with Gasteiger partial charge in [-0.25, -0.2) is 13.2 Å². The van der Waals surface area contributed by atoms with Crippen LogP contribution < -0.4 is 10.0 Å². The monoisotopic (exact) mass is 390 g/mol. The molecule has 0 bridgehead atoms. The predicted octanol–water partition coefficient (Wildman–Crippen LogP) is 2.40. The molecule has 0 aliphatic carbocycles. The number of hydrogen-bond acceptors (Lipinski definition) is 5. The smallest absolute Gasteiger partial charge is 0.338 e. The van der Waals surface area contributed by atoms with Crippen molar-refractivity contribution in [2.24, 2.45) is 0 Å². The molecular formula is C19H22N2O5S. The molecule has 0 aliphatic heterocycles. The first kappa shape index (κ1) is 20.4. The van der Waals surface area contributed by atoms with Gasteiger partial charge >= 0.3 is 5.97 Å². The van der Waals surface area contributed by atoms with Crippen LogP contribution >= 0.6 is 0 Å². The van der Waals surface area contributed by atoms with Crippen molar-refractivity contribution < 1.29 is 22.7 Å². The summed E-state index contributed by atoms with van der Waals surface area (Å²) in [5.74, 6) is -1.24. The summed E-state index contributed by atoms with van der Waals surface area (Å²) in [6, 6.07) is 10.8. The van der Waals surface area contributed by atoms with Gasteiger partial charge in [-0.15, -0.1) is 0 Å². The van der Waals surface area contributed by atoms with E-state index in [1.807, 2.05) is 13.0 Å². The summed E-state index contributed by atoms with van der Waals surface area (Å²) < 4.78 is 32.9. The largest absolute Gasteiger partial charge is 0.449 e. The summed E-state index contributed by atoms with van der Waals surface area (Å²) in [5.41, 5.74) is 2.30. The molecule has 144 valence electrons. The Hall–Kier alpha value is -2.87. The lowest BCUT2D eigenvalue weighted by Gasteiger charge is -2.13. The van der Waals surface area contributed by atoms with Crippen molar-refractivity contribution in [2.75, 3.05) is 11.8 Å². The highest BCUT2D eigenvalue weighted by molar-refractivity contribution is 7.92. The summed E-state index contributed by atoms with van der Waals surface area (Å²) in [6.07, 6.45) is -0.990. The van der Waals surface area contributed by atoms with Crippen LogP contribution in [0.4, 0.5) is 5.69 Å². The lowest BCUT2D eigenvalue weighted by molar-refractivity contribution is -0.128. The van der Waals surface area contributed by atoms with E-state index in [0.717, 1.165) is 11.1 Å². The third-order valence-corrected chi connectivity index (χ3v) is 5.27. The topological polar surface area (TPSA) is 102 Å². The molecule has 0 unspecified atom stereocenters. The molecule has 0 heterocycles. The molecule has 1 atom stereocenters. The number of carbonyl (C=O) groups is 2. The van der Waals surface area contributed by atoms with E-state index in [1.165, 1.54) is 38.2 Å². The average Bonchev–Trinajstić information content (AvgIpc) is 2.63. The number of amides is 1. The fourth-order valence-electron chi connectivity index (χ4n) is 2.41. The van der Waals surface area contributed by atoms with E-state index in [2.05, 4.69) is 10.0 Å². The number of carbonyl (C=O) groups excluding carboxylic acids is 2. The van der Waals surface area contributed by atoms with E-state index in [0.29, 0.717) is 5.69 Å². The quantitative estimate of drug-likeness (QED) is 0.738. The Morgan fingerprint density at radius 2 is 1.78 bits per heavy atom. The average molecular weight is 390 g/mol. The Morgan fingerprint density at radius 1 is 1.07 bits per heavy atom. The number of ether oxygens (including phenoxy) is 1. The second kappa shape index (κ2) is 8.22. The molecule has 2 N–H and O–H groups in total. The highest BCUT2D eigenvalue weighted by Crippen LogP contribution is 2.21. The van der Waals surface area contributed by atoms with Crippen LogP contribution in [0.2, 0.25) is 0 Å². The molecule has 8 heteroatoms. The minimum atomic E-state index is -3.89. The Balaban J connectivity index is 2.25. The minimum Gasteiger partial charge on any atom is -0.449 e. The van der Waals surface area contributed by atoms with Gasteiger partial charge in [0.25, 0.3) is 15.9 Å². The number of hydrogen-bond donors (Lipinski definition) is 2. The van der Waals surface area contributed by atoms with Crippen LogP contribution in [-0.4, -0.2) is 33.4 Å². The summed E-state index contributed by atoms with van der Waals surface area (Å²) in [4.78, 5) is 23.6. The van der Waals surface area contributed by atoms with E-state index in [1.54, 1.807) is 19.1 Å². The van der Waals surface area contributed by atoms with E-state index < -0.39 is 28.0 Å². The zero-order chi connectivity index (χ0) is 20.2. The van der Waals surface area contributed by atoms with Gasteiger partial charge < -0.3 is 10.1 Å². The number of benzene rings is 2. The van der Waals surface area contributed by atoms with Crippen LogP contribution in [0.1, 0.15) is 28.4 Å². The summed E-state index contributed by atoms with van der Waals surface area (Å²) in [5, 5.41) is 2.37. The third-order valence-electron chi connectivity index (χ3n) is 3.91. The number of rotatable bonds is 6. The second-order valence-corrected chi connectivity index (χ2v) is 7.80. The first-order valence-corrected chi connectivity index (χ1v) is 9.75. The third kappa shape index (κ3) is 5.07. The van der Waals surface area contributed by atoms with Gasteiger partial charge in [-0.05, 0) is 50.6 Å². The van der Waals surface area contributed by atoms with Gasteiger partial charge in [0.1, 0.15) is 0 Å². The number of sulfonamides is 1. The molecule has 0 saturated heterocycles. The molecular weight excluding hydrogens is 368 g/mol. The molecule has 2 aromatic carbocycles. The molecule has 0 radical (unpaired) electrons. The van der Waals surface area contributed by atoms with E-state index in [9.17, 15) is 18.0 Å². The SMILES string of the molecule is CNC(=O)[C@@H](C)OC(=O)c1cccc(S(=O)(=O)Nc2ccc(C)cc2C)c1. The fourth-order valence-corrected chi connectivity index (χ4v) is 3.58. The summed E-state index contributed by atoms with van der Waals surface area (Å²) in [6.45, 7) is 5.15. The maximum Gasteiger partial charge on any atom is 0.338 e. The lowest BCUT2D eigenvalue weighted by Crippen LogP contribution is -2.33. The van der Waals surface area contributed by atoms with Gasteiger partial charge in [-0.2, -0.15) is 0 Å². The molecule has 1 amide bonds. The summed E-state index contributed by atoms with van der Waals surface area (Å²) >= 11 is 0. The van der Waals surface area contributed by atoms with Crippen LogP contribution in [0.15, 0.2) is 47.4 Å². The van der Waals surface area contributed by atoms with Crippen LogP contribution in [-0.2, 0) is 19.6 Å². The molecule has 0 aliphatic rings. The van der Waals surface area contributed by atoms with Crippen molar-refractivity contribution in [3.8, 4) is 0 Å². The van der Waals surface area contributed by atoms with Gasteiger partial charge in [-0.1, -0.05) is 23.8 Å². The molecule has 0 saturated carbocycles. The van der Waals surface area contributed by atoms with E-state index in [-0.39, 0.29) is 10.5 Å². The molecule has 0 spiro atoms. The van der Waals surface area contributed by atoms with Crippen LogP contribution in [0, 0.1) is 13.8 Å². The number of esters is 1. The van der Waals surface area contributed by atoms with Gasteiger partial charge in [0, 0.05) is 7.05 Å². The maximum absolute atomic E-state index is 12.7. The number of nitrogens with one attached hydrogen (secondary N) is 2. The van der Waals surface area contributed by atoms with Crippen molar-refractivity contribution in [1.82, 2.24) is 5.32 Å². The van der Waals surface area contributed by atoms with Crippen LogP contribution in [0.25, 0.3) is 0 Å². The Bertz CT molecular complexity index is 970. The van der Waals surface area contributed by atoms with Crippen LogP contribution in [0.3, 0.4) is 0 Å². The summed E-state index contributed by atoms with van der Waals surface area (Å²) in [7, 11) is -2.46. The lowest BCUT2D eigenvalue weighted by atomic mass is 10.1. The molecule has 2 aromatic rings. The molecule has 27 heavy (non-hydrogen) atoms. The first-order valence-electron chi connectivity index (χ1n) is 8.27. The Labute approximate surface area is 158 Å². The number of anilines is 1. The highest BCUT2D eigenvalue weighted by atomic mass is 32.2. The zero-order valence-corrected chi connectivity index (χ0v) is 16.4. The standard InChI is InChI=1S/C19H22N2O5S/c1-12-8-9-17(13(2)10-12)21-27(24,25)16-7-5-6-15(11-16)19(23)26-14(3)18(22)20-4/h5-11,14,21H,1-4H3,(H,20,22)/t14-/m1/s1. The highest BCUT2D eigenvalue weighted by Gasteiger charge is 2.21. The zero-order valence-electron chi connectivity index (χ0n) is 15.6. The predicted molar refractivity (Wildman–Crippen MR) is 102 cm³/mol. The van der Waals surface area contributed by atoms with Gasteiger partial charge in [0.05, 0.1) is 16.1 Å². The first-order chi connectivity index (χ1) is 12.6. The van der Waals surface area contributed by atoms with Gasteiger partial charge in [0.2, 0.25) is 0 Å². The van der Waals surface area contributed by atoms with Gasteiger partial charge in [-0.3, -0.25) is 9.52 Å². The van der Waals surface area contributed by atoms with Gasteiger partial charge in [0.15, 0.2) is 6.10 Å². The van der Waals surface area contributed by atoms with E-state index >= 15 is 0 Å². The molecule has 0 fully saturated rings. The van der Waals surface area contributed by atoms with Crippen molar-refractivity contribution in [1.29, 1.82) is 0 Å². The number of likely N-dealkylation sites (N-methyl/N-ethyl adjacent to an activating group) is 1. The van der Waals surface area contributed by atoms with E-state index in [4.69, 9.17) is 4.74 Å². The normalized spacial score (nSPS) is 12.1. The van der Waals surface area contributed by atoms with Crippen molar-refractivity contribution in [3.63, 3.8) is 0 Å². The van der Waals surface area contributed by atoms with Crippen molar-refractivity contribution in [3.05, 3.63) is 59.2 Å². The molecule has 2 rings (SSSR count). The minimum absolute atomic E-state index is 0.0363. The second-order valence-electron chi connectivity index (χ2n) is 6.11. The Kier molecular flexibility index (Phi) is 6.22. The van der Waals surface area contributed by atoms with Crippen molar-refractivity contribution in [2.45, 2.75) is 31.8 Å². The van der Waals surface area contributed by atoms with Crippen molar-refractivity contribution >= 4 is 27.6 Å². The maximum atomic E-state index is 12.7. The fraction of sp³-hybridized carbons (Fsp3) is 0.263. The Morgan fingerprint density at radius 3 is 2.41 bits per heavy atom. The molecule has 7 nitrogen and oxygen atoms in total. The molecule has 0 aromatic heterocycles. The van der Waals surface area contributed by atoms with Crippen LogP contribution in [0.5, 0.6) is 0 Å².